The van der Waals surface area contributed by atoms with Gasteiger partial charge in [-0.1, -0.05) is 0 Å². The molecule has 1 atom stereocenters. The van der Waals surface area contributed by atoms with E-state index in [9.17, 15) is 13.2 Å². The van der Waals surface area contributed by atoms with E-state index in [1.165, 1.54) is 6.42 Å². The maximum Gasteiger partial charge on any atom is 0.490 e. The number of hydrogen-bond acceptors (Lipinski definition) is 4. The van der Waals surface area contributed by atoms with E-state index < -0.39 is 12.1 Å². The number of carboxylic acid groups (broad SMARTS) is 1. The number of alkyl halides is 3. The van der Waals surface area contributed by atoms with E-state index in [1.807, 2.05) is 12.1 Å². The Kier molecular flexibility index (Phi) is 5.46. The lowest BCUT2D eigenvalue weighted by atomic mass is 10.1. The van der Waals surface area contributed by atoms with Crippen LogP contribution in [0, 0.1) is 11.3 Å². The molecule has 8 heteroatoms. The van der Waals surface area contributed by atoms with E-state index in [-0.39, 0.29) is 0 Å². The number of carbonyl (C=O) groups is 1. The summed E-state index contributed by atoms with van der Waals surface area (Å²) in [4.78, 5) is 13.1. The lowest BCUT2D eigenvalue weighted by Crippen LogP contribution is -2.21. The van der Waals surface area contributed by atoms with Crippen LogP contribution in [0.15, 0.2) is 18.3 Å². The summed E-state index contributed by atoms with van der Waals surface area (Å²) in [6.07, 6.45) is -1.08. The predicted octanol–water partition coefficient (Wildman–Crippen LogP) is 2.01. The van der Waals surface area contributed by atoms with Gasteiger partial charge in [0.15, 0.2) is 0 Å². The quantitative estimate of drug-likeness (QED) is 0.825. The summed E-state index contributed by atoms with van der Waals surface area (Å²) < 4.78 is 31.7. The Bertz CT molecular complexity index is 488. The normalized spacial score (nSPS) is 17.8. The minimum absolute atomic E-state index is 0.396. The van der Waals surface area contributed by atoms with Crippen LogP contribution in [-0.4, -0.2) is 28.8 Å². The van der Waals surface area contributed by atoms with Crippen molar-refractivity contribution in [2.45, 2.75) is 25.1 Å². The van der Waals surface area contributed by atoms with E-state index in [0.29, 0.717) is 11.6 Å². The standard InChI is InChI=1S/C10H11N3.C2HF3O2/c11-6-8-3-4-10(13-7-8)9-2-1-5-12-9;3-2(4,5)1(6)7/h3-4,7,9,12H,1-2,5H2;(H,6,7). The first-order chi connectivity index (χ1) is 9.34. The van der Waals surface area contributed by atoms with Crippen molar-refractivity contribution in [3.8, 4) is 6.07 Å². The van der Waals surface area contributed by atoms with E-state index in [2.05, 4.69) is 16.4 Å². The number of aliphatic carboxylic acids is 1. The van der Waals surface area contributed by atoms with Crippen molar-refractivity contribution in [1.29, 1.82) is 5.26 Å². The summed E-state index contributed by atoms with van der Waals surface area (Å²) in [5.74, 6) is -2.76. The molecular weight excluding hydrogens is 275 g/mol. The maximum absolute atomic E-state index is 10.6. The Labute approximate surface area is 113 Å². The zero-order valence-corrected chi connectivity index (χ0v) is 10.3. The first-order valence-electron chi connectivity index (χ1n) is 5.74. The van der Waals surface area contributed by atoms with Gasteiger partial charge in [-0.2, -0.15) is 18.4 Å². The monoisotopic (exact) mass is 287 g/mol. The van der Waals surface area contributed by atoms with Crippen LogP contribution < -0.4 is 5.32 Å². The summed E-state index contributed by atoms with van der Waals surface area (Å²) in [5, 5.41) is 19.1. The predicted molar refractivity (Wildman–Crippen MR) is 62.6 cm³/mol. The van der Waals surface area contributed by atoms with Crippen molar-refractivity contribution >= 4 is 5.97 Å². The fraction of sp³-hybridized carbons (Fsp3) is 0.417. The number of pyridine rings is 1. The van der Waals surface area contributed by atoms with Crippen molar-refractivity contribution in [3.63, 3.8) is 0 Å². The average molecular weight is 287 g/mol. The fourth-order valence-corrected chi connectivity index (χ4v) is 1.61. The smallest absolute Gasteiger partial charge is 0.475 e. The van der Waals surface area contributed by atoms with Crippen LogP contribution >= 0.6 is 0 Å². The molecular formula is C12H12F3N3O2. The Morgan fingerprint density at radius 3 is 2.50 bits per heavy atom. The van der Waals surface area contributed by atoms with Gasteiger partial charge >= 0.3 is 12.1 Å². The largest absolute Gasteiger partial charge is 0.490 e. The first kappa shape index (κ1) is 15.9. The molecule has 20 heavy (non-hydrogen) atoms. The van der Waals surface area contributed by atoms with Crippen LogP contribution in [0.25, 0.3) is 0 Å². The number of hydrogen-bond donors (Lipinski definition) is 2. The molecule has 108 valence electrons. The second-order valence-corrected chi connectivity index (χ2v) is 4.04. The molecule has 5 nitrogen and oxygen atoms in total. The van der Waals surface area contributed by atoms with Gasteiger partial charge in [-0.25, -0.2) is 4.79 Å². The number of nitriles is 1. The highest BCUT2D eigenvalue weighted by atomic mass is 19.4. The van der Waals surface area contributed by atoms with Crippen LogP contribution in [0.3, 0.4) is 0 Å². The van der Waals surface area contributed by atoms with Crippen molar-refractivity contribution in [3.05, 3.63) is 29.6 Å². The number of carboxylic acids is 1. The molecule has 0 spiro atoms. The molecule has 0 saturated carbocycles. The summed E-state index contributed by atoms with van der Waals surface area (Å²) in [5.41, 5.74) is 1.68. The van der Waals surface area contributed by atoms with Gasteiger partial charge in [0.05, 0.1) is 11.3 Å². The second kappa shape index (κ2) is 6.86. The van der Waals surface area contributed by atoms with Crippen molar-refractivity contribution < 1.29 is 23.1 Å². The number of nitrogens with zero attached hydrogens (tertiary/aromatic N) is 2. The van der Waals surface area contributed by atoms with E-state index in [4.69, 9.17) is 15.2 Å². The van der Waals surface area contributed by atoms with Crippen molar-refractivity contribution in [1.82, 2.24) is 10.3 Å². The zero-order valence-electron chi connectivity index (χ0n) is 10.3. The van der Waals surface area contributed by atoms with Gasteiger partial charge in [-0.05, 0) is 31.5 Å². The minimum Gasteiger partial charge on any atom is -0.475 e. The van der Waals surface area contributed by atoms with E-state index >= 15 is 0 Å². The summed E-state index contributed by atoms with van der Waals surface area (Å²) in [7, 11) is 0. The second-order valence-electron chi connectivity index (χ2n) is 4.04. The molecule has 1 saturated heterocycles. The molecule has 2 rings (SSSR count). The first-order valence-corrected chi connectivity index (χ1v) is 5.74. The van der Waals surface area contributed by atoms with Crippen LogP contribution in [0.1, 0.15) is 30.1 Å². The summed E-state index contributed by atoms with van der Waals surface area (Å²) in [6, 6.07) is 6.21. The molecule has 2 heterocycles. The van der Waals surface area contributed by atoms with Gasteiger partial charge in [0.2, 0.25) is 0 Å². The van der Waals surface area contributed by atoms with Gasteiger partial charge in [0, 0.05) is 12.2 Å². The molecule has 1 fully saturated rings. The number of rotatable bonds is 1. The highest BCUT2D eigenvalue weighted by Gasteiger charge is 2.38. The number of halogens is 3. The number of nitrogens with one attached hydrogen (secondary N) is 1. The molecule has 0 radical (unpaired) electrons. The molecule has 1 aliphatic rings. The number of aromatic nitrogens is 1. The Morgan fingerprint density at radius 1 is 1.50 bits per heavy atom. The molecule has 1 aromatic heterocycles. The molecule has 1 aliphatic heterocycles. The van der Waals surface area contributed by atoms with Crippen molar-refractivity contribution in [2.75, 3.05) is 6.54 Å². The van der Waals surface area contributed by atoms with E-state index in [1.54, 1.807) is 6.20 Å². The molecule has 2 N–H and O–H groups in total. The summed E-state index contributed by atoms with van der Waals surface area (Å²) >= 11 is 0. The average Bonchev–Trinajstić information content (AvgIpc) is 2.92. The van der Waals surface area contributed by atoms with Gasteiger partial charge in [0.1, 0.15) is 6.07 Å². The molecule has 0 aromatic carbocycles. The van der Waals surface area contributed by atoms with Crippen LogP contribution in [0.5, 0.6) is 0 Å². The Morgan fingerprint density at radius 2 is 2.15 bits per heavy atom. The maximum atomic E-state index is 10.6. The Balaban J connectivity index is 0.000000246. The fourth-order valence-electron chi connectivity index (χ4n) is 1.61. The van der Waals surface area contributed by atoms with Crippen LogP contribution in [0.4, 0.5) is 13.2 Å². The molecule has 0 bridgehead atoms. The van der Waals surface area contributed by atoms with E-state index in [0.717, 1.165) is 18.7 Å². The lowest BCUT2D eigenvalue weighted by molar-refractivity contribution is -0.192. The van der Waals surface area contributed by atoms with Crippen molar-refractivity contribution in [2.24, 2.45) is 0 Å². The molecule has 1 unspecified atom stereocenters. The molecule has 0 aliphatic carbocycles. The topological polar surface area (TPSA) is 86.0 Å². The third-order valence-electron chi connectivity index (χ3n) is 2.58. The lowest BCUT2D eigenvalue weighted by Gasteiger charge is -2.08. The van der Waals surface area contributed by atoms with Gasteiger partial charge in [-0.3, -0.25) is 4.98 Å². The third-order valence-corrected chi connectivity index (χ3v) is 2.58. The molecule has 1 aromatic rings. The van der Waals surface area contributed by atoms with Gasteiger partial charge in [0.25, 0.3) is 0 Å². The Hall–Kier alpha value is -2.14. The van der Waals surface area contributed by atoms with Crippen LogP contribution in [-0.2, 0) is 4.79 Å². The zero-order chi connectivity index (χ0) is 15.2. The summed E-state index contributed by atoms with van der Waals surface area (Å²) in [6.45, 7) is 1.08. The van der Waals surface area contributed by atoms with Gasteiger partial charge < -0.3 is 10.4 Å². The SMILES string of the molecule is N#Cc1ccc(C2CCCN2)nc1.O=C(O)C(F)(F)F. The van der Waals surface area contributed by atoms with Gasteiger partial charge in [-0.15, -0.1) is 0 Å². The highest BCUT2D eigenvalue weighted by molar-refractivity contribution is 5.73. The third kappa shape index (κ3) is 4.85. The molecule has 0 amide bonds. The van der Waals surface area contributed by atoms with Crippen LogP contribution in [0.2, 0.25) is 0 Å². The minimum atomic E-state index is -5.08. The highest BCUT2D eigenvalue weighted by Crippen LogP contribution is 2.20.